The maximum Gasteiger partial charge on any atom is 0.0897 e. The lowest BCUT2D eigenvalue weighted by atomic mass is 10.1. The van der Waals surface area contributed by atoms with Crippen molar-refractivity contribution < 1.29 is 9.84 Å². The van der Waals surface area contributed by atoms with Crippen molar-refractivity contribution in [3.05, 3.63) is 0 Å². The number of ether oxygens (including phenoxy) is 1. The van der Waals surface area contributed by atoms with Crippen LogP contribution in [0.3, 0.4) is 0 Å². The summed E-state index contributed by atoms with van der Waals surface area (Å²) in [6, 6.07) is 0.560. The molecule has 16 heavy (non-hydrogen) atoms. The largest absolute Gasteiger partial charge is 0.389 e. The van der Waals surface area contributed by atoms with Crippen LogP contribution in [0.15, 0.2) is 0 Å². The average Bonchev–Trinajstić information content (AvgIpc) is 2.25. The third-order valence-electron chi connectivity index (χ3n) is 2.98. The first-order valence-electron chi connectivity index (χ1n) is 6.29. The number of hydrogen-bond acceptors (Lipinski definition) is 4. The van der Waals surface area contributed by atoms with Gasteiger partial charge in [-0.15, -0.1) is 0 Å². The minimum atomic E-state index is -0.387. The SMILES string of the molecule is CC(C)OCC(O)CNC1CCN(C)CC1. The van der Waals surface area contributed by atoms with E-state index in [0.717, 1.165) is 13.1 Å². The molecule has 1 aliphatic rings. The predicted molar refractivity (Wildman–Crippen MR) is 65.6 cm³/mol. The second-order valence-electron chi connectivity index (χ2n) is 5.02. The Hall–Kier alpha value is -0.160. The topological polar surface area (TPSA) is 44.7 Å². The fourth-order valence-corrected chi connectivity index (χ4v) is 1.88. The number of piperidine rings is 1. The molecule has 4 nitrogen and oxygen atoms in total. The lowest BCUT2D eigenvalue weighted by Gasteiger charge is -2.30. The summed E-state index contributed by atoms with van der Waals surface area (Å²) in [5.74, 6) is 0. The number of likely N-dealkylation sites (tertiary alicyclic amines) is 1. The number of nitrogens with zero attached hydrogens (tertiary/aromatic N) is 1. The minimum absolute atomic E-state index is 0.193. The van der Waals surface area contributed by atoms with Crippen molar-refractivity contribution in [2.24, 2.45) is 0 Å². The van der Waals surface area contributed by atoms with Crippen LogP contribution in [0.4, 0.5) is 0 Å². The Labute approximate surface area is 99.0 Å². The van der Waals surface area contributed by atoms with E-state index in [9.17, 15) is 5.11 Å². The monoisotopic (exact) mass is 230 g/mol. The first-order valence-corrected chi connectivity index (χ1v) is 6.29. The molecule has 0 aromatic rings. The normalized spacial score (nSPS) is 21.6. The quantitative estimate of drug-likeness (QED) is 0.696. The molecule has 0 aliphatic carbocycles. The molecule has 4 heteroatoms. The summed E-state index contributed by atoms with van der Waals surface area (Å²) >= 11 is 0. The van der Waals surface area contributed by atoms with Gasteiger partial charge in [0.2, 0.25) is 0 Å². The molecule has 0 aromatic heterocycles. The van der Waals surface area contributed by atoms with E-state index in [1.54, 1.807) is 0 Å². The van der Waals surface area contributed by atoms with Gasteiger partial charge in [-0.3, -0.25) is 0 Å². The van der Waals surface area contributed by atoms with Gasteiger partial charge < -0.3 is 20.1 Å². The zero-order chi connectivity index (χ0) is 12.0. The van der Waals surface area contributed by atoms with Gasteiger partial charge in [0.25, 0.3) is 0 Å². The van der Waals surface area contributed by atoms with Gasteiger partial charge in [-0.25, -0.2) is 0 Å². The number of aliphatic hydroxyl groups excluding tert-OH is 1. The smallest absolute Gasteiger partial charge is 0.0897 e. The highest BCUT2D eigenvalue weighted by molar-refractivity contribution is 4.76. The molecule has 1 saturated heterocycles. The standard InChI is InChI=1S/C12H26N2O2/c1-10(2)16-9-12(15)8-13-11-4-6-14(3)7-5-11/h10-13,15H,4-9H2,1-3H3. The summed E-state index contributed by atoms with van der Waals surface area (Å²) in [4.78, 5) is 2.34. The highest BCUT2D eigenvalue weighted by Gasteiger charge is 2.17. The second-order valence-corrected chi connectivity index (χ2v) is 5.02. The molecule has 1 atom stereocenters. The van der Waals surface area contributed by atoms with Gasteiger partial charge in [0.1, 0.15) is 0 Å². The fraction of sp³-hybridized carbons (Fsp3) is 1.00. The second kappa shape index (κ2) is 7.22. The van der Waals surface area contributed by atoms with Crippen LogP contribution in [0.1, 0.15) is 26.7 Å². The van der Waals surface area contributed by atoms with E-state index in [1.165, 1.54) is 12.8 Å². The molecule has 0 saturated carbocycles. The number of rotatable bonds is 6. The maximum absolute atomic E-state index is 9.68. The van der Waals surface area contributed by atoms with Crippen LogP contribution in [0, 0.1) is 0 Å². The molecule has 1 heterocycles. The number of aliphatic hydroxyl groups is 1. The summed E-state index contributed by atoms with van der Waals surface area (Å²) in [5, 5.41) is 13.1. The van der Waals surface area contributed by atoms with Gasteiger partial charge in [0, 0.05) is 12.6 Å². The highest BCUT2D eigenvalue weighted by Crippen LogP contribution is 2.07. The van der Waals surface area contributed by atoms with Crippen molar-refractivity contribution >= 4 is 0 Å². The van der Waals surface area contributed by atoms with Crippen molar-refractivity contribution in [1.29, 1.82) is 0 Å². The summed E-state index contributed by atoms with van der Waals surface area (Å²) in [5.41, 5.74) is 0. The molecule has 0 amide bonds. The Bertz CT molecular complexity index is 180. The van der Waals surface area contributed by atoms with Crippen LogP contribution in [-0.4, -0.2) is 61.5 Å². The van der Waals surface area contributed by atoms with Crippen molar-refractivity contribution in [1.82, 2.24) is 10.2 Å². The molecule has 1 fully saturated rings. The van der Waals surface area contributed by atoms with Gasteiger partial charge >= 0.3 is 0 Å². The van der Waals surface area contributed by atoms with Crippen LogP contribution in [0.25, 0.3) is 0 Å². The van der Waals surface area contributed by atoms with E-state index in [0.29, 0.717) is 19.2 Å². The zero-order valence-corrected chi connectivity index (χ0v) is 10.8. The molecule has 0 bridgehead atoms. The molecular formula is C12H26N2O2. The highest BCUT2D eigenvalue weighted by atomic mass is 16.5. The van der Waals surface area contributed by atoms with Crippen molar-refractivity contribution in [3.8, 4) is 0 Å². The zero-order valence-electron chi connectivity index (χ0n) is 10.8. The Kier molecular flexibility index (Phi) is 6.28. The molecule has 1 unspecified atom stereocenters. The Morgan fingerprint density at radius 2 is 2.00 bits per heavy atom. The summed E-state index contributed by atoms with van der Waals surface area (Å²) in [6.07, 6.45) is 2.16. The molecule has 2 N–H and O–H groups in total. The number of nitrogens with one attached hydrogen (secondary N) is 1. The van der Waals surface area contributed by atoms with Crippen LogP contribution < -0.4 is 5.32 Å². The average molecular weight is 230 g/mol. The Balaban J connectivity index is 2.05. The fourth-order valence-electron chi connectivity index (χ4n) is 1.88. The molecule has 1 rings (SSSR count). The van der Waals surface area contributed by atoms with E-state index in [-0.39, 0.29) is 12.2 Å². The van der Waals surface area contributed by atoms with Crippen LogP contribution in [0.2, 0.25) is 0 Å². The van der Waals surface area contributed by atoms with Crippen molar-refractivity contribution in [3.63, 3.8) is 0 Å². The van der Waals surface area contributed by atoms with Gasteiger partial charge in [-0.1, -0.05) is 0 Å². The summed E-state index contributed by atoms with van der Waals surface area (Å²) in [7, 11) is 2.15. The molecule has 0 aromatic carbocycles. The van der Waals surface area contributed by atoms with Crippen LogP contribution >= 0.6 is 0 Å². The van der Waals surface area contributed by atoms with E-state index in [4.69, 9.17) is 4.74 Å². The van der Waals surface area contributed by atoms with Gasteiger partial charge in [0.05, 0.1) is 18.8 Å². The first kappa shape index (κ1) is 13.9. The predicted octanol–water partition coefficient (Wildman–Crippen LogP) is 0.456. The first-order chi connectivity index (χ1) is 7.58. The number of hydrogen-bond donors (Lipinski definition) is 2. The lowest BCUT2D eigenvalue weighted by Crippen LogP contribution is -2.44. The minimum Gasteiger partial charge on any atom is -0.389 e. The van der Waals surface area contributed by atoms with Crippen molar-refractivity contribution in [2.75, 3.05) is 33.3 Å². The maximum atomic E-state index is 9.68. The van der Waals surface area contributed by atoms with E-state index in [1.807, 2.05) is 13.8 Å². The van der Waals surface area contributed by atoms with E-state index < -0.39 is 0 Å². The van der Waals surface area contributed by atoms with Crippen LogP contribution in [-0.2, 0) is 4.74 Å². The van der Waals surface area contributed by atoms with Crippen LogP contribution in [0.5, 0.6) is 0 Å². The Morgan fingerprint density at radius 1 is 1.38 bits per heavy atom. The molecule has 0 radical (unpaired) electrons. The summed E-state index contributed by atoms with van der Waals surface area (Å²) < 4.78 is 5.36. The third-order valence-corrected chi connectivity index (χ3v) is 2.98. The van der Waals surface area contributed by atoms with E-state index in [2.05, 4.69) is 17.3 Å². The molecule has 1 aliphatic heterocycles. The van der Waals surface area contributed by atoms with Gasteiger partial charge in [-0.05, 0) is 46.8 Å². The van der Waals surface area contributed by atoms with Gasteiger partial charge in [-0.2, -0.15) is 0 Å². The van der Waals surface area contributed by atoms with Gasteiger partial charge in [0.15, 0.2) is 0 Å². The Morgan fingerprint density at radius 3 is 2.56 bits per heavy atom. The van der Waals surface area contributed by atoms with E-state index >= 15 is 0 Å². The summed E-state index contributed by atoms with van der Waals surface area (Å²) in [6.45, 7) is 7.33. The molecule has 96 valence electrons. The molecule has 0 spiro atoms. The molecular weight excluding hydrogens is 204 g/mol. The third kappa shape index (κ3) is 5.80. The lowest BCUT2D eigenvalue weighted by molar-refractivity contribution is 0.00474. The van der Waals surface area contributed by atoms with Crippen molar-refractivity contribution in [2.45, 2.75) is 44.9 Å².